The molecule has 0 aliphatic heterocycles. The molecule has 0 aromatic carbocycles. The summed E-state index contributed by atoms with van der Waals surface area (Å²) in [6.07, 6.45) is 73.4. The Morgan fingerprint density at radius 2 is 0.632 bits per heavy atom. The highest BCUT2D eigenvalue weighted by Crippen LogP contribution is 2.45. The van der Waals surface area contributed by atoms with Gasteiger partial charge in [-0.15, -0.1) is 0 Å². The van der Waals surface area contributed by atoms with Crippen LogP contribution in [0.1, 0.15) is 201 Å². The normalized spacial score (nSPS) is 15.3. The molecule has 87 heavy (non-hydrogen) atoms. The third-order valence-corrected chi connectivity index (χ3v) is 14.1. The molecular formula is C69H110O16P2. The Hall–Kier alpha value is -4.83. The number of ether oxygens (including phenoxy) is 3. The molecular weight excluding hydrogens is 1150 g/mol. The van der Waals surface area contributed by atoms with Crippen LogP contribution in [0.5, 0.6) is 0 Å². The van der Waals surface area contributed by atoms with Crippen LogP contribution >= 0.6 is 15.6 Å². The number of aliphatic hydroxyl groups is 2. The lowest BCUT2D eigenvalue weighted by Crippen LogP contribution is -2.30. The van der Waals surface area contributed by atoms with Crippen LogP contribution in [-0.4, -0.2) is 95.9 Å². The molecule has 18 heteroatoms. The predicted molar refractivity (Wildman–Crippen MR) is 352 cm³/mol. The van der Waals surface area contributed by atoms with E-state index in [2.05, 4.69) is 142 Å². The summed E-state index contributed by atoms with van der Waals surface area (Å²) >= 11 is 0. The van der Waals surface area contributed by atoms with E-state index < -0.39 is 91.5 Å². The summed E-state index contributed by atoms with van der Waals surface area (Å²) in [5.41, 5.74) is 0. The summed E-state index contributed by atoms with van der Waals surface area (Å²) in [4.78, 5) is 58.1. The largest absolute Gasteiger partial charge is 0.472 e. The molecule has 0 aliphatic rings. The number of rotatable bonds is 58. The number of allylic oxidation sites excluding steroid dienone is 26. The summed E-state index contributed by atoms with van der Waals surface area (Å²) in [6, 6.07) is 0. The number of hydrogen-bond acceptors (Lipinski definition) is 14. The number of aliphatic hydroxyl groups excluding tert-OH is 2. The van der Waals surface area contributed by atoms with Crippen molar-refractivity contribution in [3.8, 4) is 0 Å². The first-order valence-electron chi connectivity index (χ1n) is 31.8. The Kier molecular flexibility index (Phi) is 58.0. The van der Waals surface area contributed by atoms with Crippen LogP contribution in [0.3, 0.4) is 0 Å². The molecule has 0 rings (SSSR count). The van der Waals surface area contributed by atoms with Crippen LogP contribution in [-0.2, 0) is 55.8 Å². The van der Waals surface area contributed by atoms with E-state index in [1.165, 1.54) is 25.7 Å². The van der Waals surface area contributed by atoms with Crippen molar-refractivity contribution in [2.75, 3.05) is 39.6 Å². The van der Waals surface area contributed by atoms with Crippen molar-refractivity contribution in [1.82, 2.24) is 0 Å². The SMILES string of the molecule is CC/C=C\C/C=C\C/C=C\C/C=C\C/C=C\C/C=C\CCC(=O)OCC(O)COP(=O)(O)OCC(O)COP(=O)(O)OCC(COC(=O)CC/C=C\C/C=C\C/C=C\C/C=C\C/C=C\C/C=C\CC)OC(=O)CCCCCCC/C=C\CCCCCC. The third kappa shape index (κ3) is 62.6. The Balaban J connectivity index is 4.83. The van der Waals surface area contributed by atoms with Crippen LogP contribution in [0, 0.1) is 0 Å². The van der Waals surface area contributed by atoms with E-state index in [0.29, 0.717) is 32.1 Å². The second kappa shape index (κ2) is 61.4. The lowest BCUT2D eigenvalue weighted by atomic mass is 10.1. The van der Waals surface area contributed by atoms with Gasteiger partial charge < -0.3 is 34.2 Å². The van der Waals surface area contributed by atoms with Gasteiger partial charge in [0.15, 0.2) is 6.10 Å². The maximum atomic E-state index is 12.9. The van der Waals surface area contributed by atoms with Crippen molar-refractivity contribution in [3.63, 3.8) is 0 Å². The highest BCUT2D eigenvalue weighted by molar-refractivity contribution is 7.47. The molecule has 5 unspecified atom stereocenters. The number of unbranched alkanes of at least 4 members (excludes halogenated alkanes) is 9. The minimum atomic E-state index is -4.95. The fourth-order valence-corrected chi connectivity index (χ4v) is 9.02. The highest BCUT2D eigenvalue weighted by Gasteiger charge is 2.29. The highest BCUT2D eigenvalue weighted by atomic mass is 31.2. The van der Waals surface area contributed by atoms with E-state index >= 15 is 0 Å². The molecule has 0 bridgehead atoms. The first-order valence-corrected chi connectivity index (χ1v) is 34.8. The number of carbonyl (C=O) groups is 3. The monoisotopic (exact) mass is 1260 g/mol. The van der Waals surface area contributed by atoms with Gasteiger partial charge in [0.1, 0.15) is 25.4 Å². The van der Waals surface area contributed by atoms with E-state index in [9.17, 15) is 43.5 Å². The van der Waals surface area contributed by atoms with Gasteiger partial charge in [-0.05, 0) is 122 Å². The predicted octanol–water partition coefficient (Wildman–Crippen LogP) is 17.2. The number of phosphoric ester groups is 2. The maximum absolute atomic E-state index is 12.9. The Morgan fingerprint density at radius 1 is 0.333 bits per heavy atom. The van der Waals surface area contributed by atoms with Gasteiger partial charge in [-0.2, -0.15) is 0 Å². The van der Waals surface area contributed by atoms with Crippen molar-refractivity contribution in [1.29, 1.82) is 0 Å². The molecule has 0 aromatic rings. The molecule has 0 fully saturated rings. The van der Waals surface area contributed by atoms with Gasteiger partial charge in [0.2, 0.25) is 0 Å². The molecule has 0 amide bonds. The zero-order chi connectivity index (χ0) is 63.8. The molecule has 0 aromatic heterocycles. The fourth-order valence-electron chi connectivity index (χ4n) is 7.44. The summed E-state index contributed by atoms with van der Waals surface area (Å²) < 4.78 is 60.5. The van der Waals surface area contributed by atoms with E-state index in [-0.39, 0.29) is 19.3 Å². The van der Waals surface area contributed by atoms with E-state index in [1.54, 1.807) is 0 Å². The van der Waals surface area contributed by atoms with Crippen LogP contribution in [0.25, 0.3) is 0 Å². The molecule has 5 atom stereocenters. The Bertz CT molecular complexity index is 2220. The fraction of sp³-hybridized carbons (Fsp3) is 0.580. The number of hydrogen-bond donors (Lipinski definition) is 4. The minimum Gasteiger partial charge on any atom is -0.463 e. The van der Waals surface area contributed by atoms with E-state index in [0.717, 1.165) is 103 Å². The smallest absolute Gasteiger partial charge is 0.463 e. The maximum Gasteiger partial charge on any atom is 0.472 e. The Morgan fingerprint density at radius 3 is 1.01 bits per heavy atom. The first kappa shape index (κ1) is 82.2. The lowest BCUT2D eigenvalue weighted by Gasteiger charge is -2.21. The first-order chi connectivity index (χ1) is 42.2. The average Bonchev–Trinajstić information content (AvgIpc) is 3.63. The molecule has 492 valence electrons. The van der Waals surface area contributed by atoms with Gasteiger partial charge in [0.05, 0.1) is 26.4 Å². The van der Waals surface area contributed by atoms with Crippen LogP contribution in [0.15, 0.2) is 158 Å². The number of carbonyl (C=O) groups excluding carboxylic acids is 3. The van der Waals surface area contributed by atoms with Gasteiger partial charge in [0, 0.05) is 19.3 Å². The van der Waals surface area contributed by atoms with Crippen LogP contribution in [0.2, 0.25) is 0 Å². The van der Waals surface area contributed by atoms with Gasteiger partial charge in [-0.1, -0.05) is 217 Å². The van der Waals surface area contributed by atoms with Gasteiger partial charge in [0.25, 0.3) is 0 Å². The molecule has 0 heterocycles. The van der Waals surface area contributed by atoms with Crippen molar-refractivity contribution in [2.24, 2.45) is 0 Å². The van der Waals surface area contributed by atoms with Crippen molar-refractivity contribution < 1.29 is 75.8 Å². The number of phosphoric acid groups is 2. The minimum absolute atomic E-state index is 0.0364. The molecule has 4 N–H and O–H groups in total. The second-order valence-corrected chi connectivity index (χ2v) is 23.3. The van der Waals surface area contributed by atoms with E-state index in [1.807, 2.05) is 36.5 Å². The molecule has 0 saturated heterocycles. The summed E-state index contributed by atoms with van der Waals surface area (Å²) in [5.74, 6) is -1.78. The van der Waals surface area contributed by atoms with E-state index in [4.69, 9.17) is 32.3 Å². The Labute approximate surface area is 523 Å². The molecule has 0 spiro atoms. The standard InChI is InChI=1S/C69H110O16P2/c1-4-7-10-13-16-19-22-25-27-29-31-33-35-38-40-43-46-49-52-55-67(72)79-58-64(70)59-81-86(75,76)82-60-65(71)61-83-87(77,78)84-63-66(85-69(74)57-54-51-48-45-42-37-24-21-18-15-12-9-6-3)62-80-68(73)56-53-50-47-44-41-39-36-34-32-30-28-26-23-20-17-14-11-8-5-2/h7-8,10-11,16-17,19-21,24-28,31-34,38-41,46-47,49-50,64-66,70-71H,4-6,9,12-15,18,22-23,29-30,35-37,42-45,48,51-63H2,1-3H3,(H,75,76)(H,77,78)/b10-7-,11-8-,19-16-,20-17-,24-21-,27-25-,28-26-,33-31-,34-32-,40-38-,41-39-,49-46-,50-47-. The molecule has 0 radical (unpaired) electrons. The summed E-state index contributed by atoms with van der Waals surface area (Å²) in [6.45, 7) is 2.18. The molecule has 0 saturated carbocycles. The second-order valence-electron chi connectivity index (χ2n) is 20.4. The summed E-state index contributed by atoms with van der Waals surface area (Å²) in [5, 5.41) is 20.5. The topological polar surface area (TPSA) is 231 Å². The number of esters is 3. The van der Waals surface area contributed by atoms with Gasteiger partial charge in [-0.25, -0.2) is 9.13 Å². The third-order valence-electron chi connectivity index (χ3n) is 12.2. The lowest BCUT2D eigenvalue weighted by molar-refractivity contribution is -0.161. The zero-order valence-corrected chi connectivity index (χ0v) is 54.7. The van der Waals surface area contributed by atoms with Crippen molar-refractivity contribution in [3.05, 3.63) is 158 Å². The molecule has 0 aliphatic carbocycles. The van der Waals surface area contributed by atoms with Crippen LogP contribution < -0.4 is 0 Å². The average molecular weight is 1260 g/mol. The molecule has 16 nitrogen and oxygen atoms in total. The van der Waals surface area contributed by atoms with Crippen LogP contribution in [0.4, 0.5) is 0 Å². The summed E-state index contributed by atoms with van der Waals surface area (Å²) in [7, 11) is -9.82. The quantitative estimate of drug-likeness (QED) is 0.0146. The van der Waals surface area contributed by atoms with Crippen molar-refractivity contribution in [2.45, 2.75) is 219 Å². The van der Waals surface area contributed by atoms with Gasteiger partial charge >= 0.3 is 33.6 Å². The van der Waals surface area contributed by atoms with Crippen molar-refractivity contribution >= 4 is 33.6 Å². The zero-order valence-electron chi connectivity index (χ0n) is 52.9. The van der Waals surface area contributed by atoms with Gasteiger partial charge in [-0.3, -0.25) is 32.5 Å².